The molecule has 1 N–H and O–H groups in total. The summed E-state index contributed by atoms with van der Waals surface area (Å²) in [5, 5.41) is 9.19. The lowest BCUT2D eigenvalue weighted by Crippen LogP contribution is -2.63. The Balaban J connectivity index is 2.94. The van der Waals surface area contributed by atoms with Crippen molar-refractivity contribution >= 4 is 47.2 Å². The van der Waals surface area contributed by atoms with Gasteiger partial charge in [0, 0.05) is 0 Å². The van der Waals surface area contributed by atoms with Crippen molar-refractivity contribution in [1.29, 1.82) is 0 Å². The molecule has 0 bridgehead atoms. The van der Waals surface area contributed by atoms with E-state index in [2.05, 4.69) is 0 Å². The van der Waals surface area contributed by atoms with Crippen LogP contribution in [0.4, 0.5) is 0 Å². The Labute approximate surface area is 114 Å². The van der Waals surface area contributed by atoms with Gasteiger partial charge in [0.1, 0.15) is 13.1 Å². The Bertz CT molecular complexity index is 299. The molecule has 0 aromatic heterocycles. The number of nitrogens with zero attached hydrogens (tertiary/aromatic N) is 1. The fourth-order valence-electron chi connectivity index (χ4n) is 1.88. The van der Waals surface area contributed by atoms with Gasteiger partial charge in [0.15, 0.2) is 9.83 Å². The maximum Gasteiger partial charge on any atom is 0.363 e. The number of carbonyl (C=O) groups is 2. The van der Waals surface area contributed by atoms with E-state index in [1.807, 2.05) is 0 Å². The first-order chi connectivity index (χ1) is 7.81. The minimum absolute atomic E-state index is 0.217. The maximum absolute atomic E-state index is 11.2. The molecule has 1 amide bonds. The lowest BCUT2D eigenvalue weighted by molar-refractivity contribution is -0.871. The van der Waals surface area contributed by atoms with Crippen LogP contribution in [0, 0.1) is 0 Å². The molecule has 5 nitrogen and oxygen atoms in total. The van der Waals surface area contributed by atoms with Gasteiger partial charge in [-0.15, -0.1) is 0 Å². The van der Waals surface area contributed by atoms with Crippen LogP contribution in [0.3, 0.4) is 0 Å². The number of carboxylic acids is 1. The van der Waals surface area contributed by atoms with Gasteiger partial charge < -0.3 is 9.84 Å². The molecule has 0 aromatic carbocycles. The van der Waals surface area contributed by atoms with Gasteiger partial charge in [-0.2, -0.15) is 0 Å². The highest BCUT2D eigenvalue weighted by molar-refractivity contribution is 6.67. The van der Waals surface area contributed by atoms with Crippen molar-refractivity contribution in [3.8, 4) is 0 Å². The summed E-state index contributed by atoms with van der Waals surface area (Å²) in [7, 11) is 0. The number of alkyl halides is 3. The Morgan fingerprint density at radius 1 is 1.41 bits per heavy atom. The van der Waals surface area contributed by atoms with Crippen molar-refractivity contribution in [2.75, 3.05) is 26.3 Å². The monoisotopic (exact) mass is 304 g/mol. The maximum atomic E-state index is 11.2. The lowest BCUT2D eigenvalue weighted by Gasteiger charge is -2.40. The molecule has 17 heavy (non-hydrogen) atoms. The Kier molecular flexibility index (Phi) is 5.04. The third-order valence-electron chi connectivity index (χ3n) is 2.84. The number of hydrogen-bond donors (Lipinski definition) is 1. The van der Waals surface area contributed by atoms with Crippen LogP contribution in [0.2, 0.25) is 0 Å². The summed E-state index contributed by atoms with van der Waals surface area (Å²) in [6.45, 7) is 1.20. The lowest BCUT2D eigenvalue weighted by atomic mass is 10.1. The highest BCUT2D eigenvalue weighted by Crippen LogP contribution is 2.34. The number of carboxylic acid groups (broad SMARTS) is 1. The first kappa shape index (κ1) is 15.0. The molecule has 0 aromatic rings. The molecule has 0 saturated carbocycles. The normalized spacial score (nSPS) is 21.8. The molecule has 98 valence electrons. The fourth-order valence-corrected chi connectivity index (χ4v) is 2.32. The van der Waals surface area contributed by atoms with Crippen LogP contribution in [0.15, 0.2) is 0 Å². The minimum Gasteiger partial charge on any atom is -0.477 e. The first-order valence-corrected chi connectivity index (χ1v) is 6.14. The number of rotatable bonds is 4. The summed E-state index contributed by atoms with van der Waals surface area (Å²) in [6, 6.07) is -1.07. The Morgan fingerprint density at radius 2 is 1.94 bits per heavy atom. The molecule has 1 saturated heterocycles. The van der Waals surface area contributed by atoms with E-state index in [0.29, 0.717) is 19.6 Å². The van der Waals surface area contributed by atoms with Gasteiger partial charge >= 0.3 is 12.4 Å². The van der Waals surface area contributed by atoms with Crippen molar-refractivity contribution in [3.63, 3.8) is 0 Å². The fraction of sp³-hybridized carbons (Fsp3) is 0.778. The minimum atomic E-state index is -1.70. The number of hydrogen-bond acceptors (Lipinski definition) is 3. The second kappa shape index (κ2) is 5.71. The molecule has 1 unspecified atom stereocenters. The summed E-state index contributed by atoms with van der Waals surface area (Å²) in [6.07, 6.45) is 0.392. The Hall–Kier alpha value is -0.0700. The molecular weight excluding hydrogens is 292 g/mol. The van der Waals surface area contributed by atoms with Gasteiger partial charge in [0.05, 0.1) is 19.6 Å². The van der Waals surface area contributed by atoms with Crippen molar-refractivity contribution in [1.82, 2.24) is 0 Å². The number of halogens is 3. The summed E-state index contributed by atoms with van der Waals surface area (Å²) in [4.78, 5) is 22.5. The standard InChI is InChI=1S/C9H12Cl3NO4/c10-9(11,12)5-7(8(15)16)13(6-14)1-3-17-4-2-13/h6-7H,1-5H2/p+1. The number of morpholine rings is 1. The number of amides is 1. The third kappa shape index (κ3) is 3.96. The molecule has 1 aliphatic heterocycles. The van der Waals surface area contributed by atoms with E-state index in [-0.39, 0.29) is 24.0 Å². The first-order valence-electron chi connectivity index (χ1n) is 5.01. The van der Waals surface area contributed by atoms with Gasteiger partial charge in [-0.3, -0.25) is 0 Å². The van der Waals surface area contributed by atoms with E-state index in [0.717, 1.165) is 0 Å². The third-order valence-corrected chi connectivity index (χ3v) is 3.31. The van der Waals surface area contributed by atoms with Crippen molar-refractivity contribution < 1.29 is 23.9 Å². The van der Waals surface area contributed by atoms with Crippen molar-refractivity contribution in [2.24, 2.45) is 0 Å². The van der Waals surface area contributed by atoms with E-state index in [1.165, 1.54) is 0 Å². The van der Waals surface area contributed by atoms with E-state index in [9.17, 15) is 14.7 Å². The summed E-state index contributed by atoms with van der Waals surface area (Å²) in [5.41, 5.74) is 0. The Morgan fingerprint density at radius 3 is 2.29 bits per heavy atom. The average molecular weight is 306 g/mol. The molecule has 1 rings (SSSR count). The van der Waals surface area contributed by atoms with Gasteiger partial charge in [0.25, 0.3) is 0 Å². The SMILES string of the molecule is O=C[N+]1(C(CC(Cl)(Cl)Cl)C(=O)O)CCOCC1. The van der Waals surface area contributed by atoms with Gasteiger partial charge in [-0.05, 0) is 0 Å². The molecule has 1 aliphatic rings. The number of quaternary nitrogens is 1. The zero-order valence-corrected chi connectivity index (χ0v) is 11.2. The van der Waals surface area contributed by atoms with Crippen LogP contribution < -0.4 is 0 Å². The molecule has 0 aliphatic carbocycles. The zero-order chi connectivity index (χ0) is 13.1. The van der Waals surface area contributed by atoms with Gasteiger partial charge in [0.2, 0.25) is 0 Å². The highest BCUT2D eigenvalue weighted by Gasteiger charge is 2.47. The van der Waals surface area contributed by atoms with E-state index >= 15 is 0 Å². The predicted octanol–water partition coefficient (Wildman–Crippen LogP) is 1.20. The quantitative estimate of drug-likeness (QED) is 0.482. The van der Waals surface area contributed by atoms with Gasteiger partial charge in [-0.1, -0.05) is 34.8 Å². The summed E-state index contributed by atoms with van der Waals surface area (Å²) in [5.74, 6) is -1.15. The highest BCUT2D eigenvalue weighted by atomic mass is 35.6. The molecule has 1 heterocycles. The predicted molar refractivity (Wildman–Crippen MR) is 63.2 cm³/mol. The molecule has 1 fully saturated rings. The zero-order valence-electron chi connectivity index (χ0n) is 8.94. The molecule has 0 spiro atoms. The smallest absolute Gasteiger partial charge is 0.363 e. The number of ether oxygens (including phenoxy) is 1. The second-order valence-corrected chi connectivity index (χ2v) is 6.46. The van der Waals surface area contributed by atoms with Crippen LogP contribution in [-0.2, 0) is 14.3 Å². The topological polar surface area (TPSA) is 63.6 Å². The second-order valence-electron chi connectivity index (χ2n) is 3.94. The molecular formula is C9H13Cl3NO4+. The molecule has 0 radical (unpaired) electrons. The average Bonchev–Trinajstić information content (AvgIpc) is 2.25. The number of aliphatic carboxylic acids is 1. The van der Waals surface area contributed by atoms with Crippen molar-refractivity contribution in [2.45, 2.75) is 16.3 Å². The van der Waals surface area contributed by atoms with E-state index < -0.39 is 15.8 Å². The number of carbonyl (C=O) groups excluding carboxylic acids is 1. The van der Waals surface area contributed by atoms with Crippen LogP contribution in [0.1, 0.15) is 6.42 Å². The van der Waals surface area contributed by atoms with Crippen LogP contribution >= 0.6 is 34.8 Å². The summed E-state index contributed by atoms with van der Waals surface area (Å²) >= 11 is 16.9. The molecule has 8 heteroatoms. The van der Waals surface area contributed by atoms with Gasteiger partial charge in [-0.25, -0.2) is 14.1 Å². The van der Waals surface area contributed by atoms with Crippen LogP contribution in [0.25, 0.3) is 0 Å². The molecule has 1 atom stereocenters. The van der Waals surface area contributed by atoms with Crippen LogP contribution in [-0.4, -0.2) is 58.1 Å². The van der Waals surface area contributed by atoms with Crippen LogP contribution in [0.5, 0.6) is 0 Å². The van der Waals surface area contributed by atoms with E-state index in [1.54, 1.807) is 0 Å². The van der Waals surface area contributed by atoms with Crippen molar-refractivity contribution in [3.05, 3.63) is 0 Å². The van der Waals surface area contributed by atoms with E-state index in [4.69, 9.17) is 39.5 Å². The largest absolute Gasteiger partial charge is 0.477 e. The summed E-state index contributed by atoms with van der Waals surface area (Å²) < 4.78 is 3.16.